The van der Waals surface area contributed by atoms with E-state index in [2.05, 4.69) is 21.7 Å². The van der Waals surface area contributed by atoms with Gasteiger partial charge in [0.25, 0.3) is 0 Å². The van der Waals surface area contributed by atoms with Crippen LogP contribution in [0.3, 0.4) is 0 Å². The molecule has 152 valence electrons. The summed E-state index contributed by atoms with van der Waals surface area (Å²) in [6.45, 7) is 0. The minimum atomic E-state index is -3.82. The van der Waals surface area contributed by atoms with Crippen LogP contribution in [0.25, 0.3) is 10.5 Å². The average molecular weight is 487 g/mol. The van der Waals surface area contributed by atoms with E-state index in [4.69, 9.17) is 0 Å². The van der Waals surface area contributed by atoms with Crippen molar-refractivity contribution in [2.75, 3.05) is 0 Å². The predicted octanol–water partition coefficient (Wildman–Crippen LogP) is 6.99. The summed E-state index contributed by atoms with van der Waals surface area (Å²) < 4.78 is 28.2. The second kappa shape index (κ2) is 9.32. The molecule has 0 aliphatic carbocycles. The number of sulfone groups is 1. The van der Waals surface area contributed by atoms with E-state index in [-0.39, 0.29) is 9.80 Å². The highest BCUT2D eigenvalue weighted by molar-refractivity contribution is 9.10. The summed E-state index contributed by atoms with van der Waals surface area (Å²) in [5.41, 5.74) is 6.40. The van der Waals surface area contributed by atoms with Crippen LogP contribution in [-0.2, 0) is 9.84 Å². The van der Waals surface area contributed by atoms with Crippen LogP contribution in [0.4, 0.5) is 0 Å². The number of halogens is 1. The average Bonchev–Trinajstić information content (AvgIpc) is 2.81. The topological polar surface area (TPSA) is 34.1 Å². The number of hydrogen-bond acceptors (Lipinski definition) is 2. The van der Waals surface area contributed by atoms with Crippen molar-refractivity contribution in [3.8, 4) is 0 Å². The van der Waals surface area contributed by atoms with E-state index in [0.29, 0.717) is 5.56 Å². The second-order valence-electron chi connectivity index (χ2n) is 6.88. The zero-order chi connectivity index (χ0) is 21.7. The minimum Gasteiger partial charge on any atom is -0.218 e. The summed E-state index contributed by atoms with van der Waals surface area (Å²) >= 11 is 3.37. The van der Waals surface area contributed by atoms with Crippen LogP contribution in [0.1, 0.15) is 16.7 Å². The molecule has 0 heterocycles. The maximum atomic E-state index is 13.7. The van der Waals surface area contributed by atoms with E-state index >= 15 is 0 Å². The normalized spacial score (nSPS) is 10.9. The summed E-state index contributed by atoms with van der Waals surface area (Å²) in [6.07, 6.45) is 0. The molecule has 4 heteroatoms. The molecule has 4 aromatic rings. The highest BCUT2D eigenvalue weighted by Crippen LogP contribution is 2.31. The maximum absolute atomic E-state index is 13.7. The number of hydrogen-bond donors (Lipinski definition) is 0. The van der Waals surface area contributed by atoms with E-state index in [9.17, 15) is 8.42 Å². The quantitative estimate of drug-likeness (QED) is 0.284. The Kier molecular flexibility index (Phi) is 6.34. The van der Waals surface area contributed by atoms with Gasteiger partial charge in [0.2, 0.25) is 9.84 Å². The second-order valence-corrected chi connectivity index (χ2v) is 9.69. The zero-order valence-corrected chi connectivity index (χ0v) is 19.0. The van der Waals surface area contributed by atoms with E-state index in [1.165, 1.54) is 0 Å². The van der Waals surface area contributed by atoms with Crippen molar-refractivity contribution in [3.05, 3.63) is 142 Å². The molecule has 0 bridgehead atoms. The zero-order valence-electron chi connectivity index (χ0n) is 16.6. The molecule has 0 saturated heterocycles. The SMILES string of the molecule is O=S(=O)(C(=C=C(c1ccccc1)c1ccccc1)c1ccccc1)c1ccc(Br)cc1. The highest BCUT2D eigenvalue weighted by Gasteiger charge is 2.23. The third-order valence-electron chi connectivity index (χ3n) is 4.79. The molecule has 0 fully saturated rings. The van der Waals surface area contributed by atoms with Crippen LogP contribution in [0.15, 0.2) is 130 Å². The molecule has 0 spiro atoms. The Balaban J connectivity index is 2.08. The van der Waals surface area contributed by atoms with Crippen molar-refractivity contribution >= 4 is 36.2 Å². The van der Waals surface area contributed by atoms with Crippen LogP contribution < -0.4 is 0 Å². The van der Waals surface area contributed by atoms with Gasteiger partial charge < -0.3 is 0 Å². The van der Waals surface area contributed by atoms with Gasteiger partial charge in [-0.2, -0.15) is 0 Å². The van der Waals surface area contributed by atoms with Crippen molar-refractivity contribution in [3.63, 3.8) is 0 Å². The molecule has 0 aromatic heterocycles. The predicted molar refractivity (Wildman–Crippen MR) is 130 cm³/mol. The largest absolute Gasteiger partial charge is 0.218 e. The Morgan fingerprint density at radius 2 is 1.00 bits per heavy atom. The fourth-order valence-electron chi connectivity index (χ4n) is 3.25. The first-order valence-corrected chi connectivity index (χ1v) is 12.0. The van der Waals surface area contributed by atoms with Crippen LogP contribution in [0.2, 0.25) is 0 Å². The molecule has 0 aliphatic rings. The van der Waals surface area contributed by atoms with Crippen LogP contribution >= 0.6 is 15.9 Å². The fraction of sp³-hybridized carbons (Fsp3) is 0. The minimum absolute atomic E-state index is 0.137. The van der Waals surface area contributed by atoms with Crippen LogP contribution in [-0.4, -0.2) is 8.42 Å². The van der Waals surface area contributed by atoms with E-state index in [0.717, 1.165) is 21.2 Å². The van der Waals surface area contributed by atoms with Crippen molar-refractivity contribution in [1.29, 1.82) is 0 Å². The van der Waals surface area contributed by atoms with Gasteiger partial charge in [0.15, 0.2) is 0 Å². The van der Waals surface area contributed by atoms with Gasteiger partial charge >= 0.3 is 0 Å². The van der Waals surface area contributed by atoms with Gasteiger partial charge in [-0.1, -0.05) is 113 Å². The third-order valence-corrected chi connectivity index (χ3v) is 7.09. The van der Waals surface area contributed by atoms with Gasteiger partial charge in [0.1, 0.15) is 4.91 Å². The molecule has 0 saturated carbocycles. The lowest BCUT2D eigenvalue weighted by Gasteiger charge is -2.10. The first-order chi connectivity index (χ1) is 15.1. The smallest absolute Gasteiger partial charge is 0.214 e. The molecule has 0 unspecified atom stereocenters. The Morgan fingerprint density at radius 1 is 0.581 bits per heavy atom. The Morgan fingerprint density at radius 3 is 1.45 bits per heavy atom. The van der Waals surface area contributed by atoms with Crippen LogP contribution in [0, 0.1) is 0 Å². The summed E-state index contributed by atoms with van der Waals surface area (Å²) in [5, 5.41) is 0. The summed E-state index contributed by atoms with van der Waals surface area (Å²) in [4.78, 5) is 0.362. The molecule has 2 nitrogen and oxygen atoms in total. The molecule has 0 N–H and O–H groups in total. The first-order valence-electron chi connectivity index (χ1n) is 9.73. The van der Waals surface area contributed by atoms with E-state index < -0.39 is 9.84 Å². The third kappa shape index (κ3) is 4.78. The number of benzene rings is 4. The van der Waals surface area contributed by atoms with Gasteiger partial charge in [-0.25, -0.2) is 8.42 Å². The van der Waals surface area contributed by atoms with Gasteiger partial charge in [-0.15, -0.1) is 0 Å². The summed E-state index contributed by atoms with van der Waals surface area (Å²) in [7, 11) is -3.82. The van der Waals surface area contributed by atoms with Gasteiger partial charge in [-0.3, -0.25) is 0 Å². The summed E-state index contributed by atoms with van der Waals surface area (Å²) in [6, 6.07) is 35.3. The molecule has 4 aromatic carbocycles. The van der Waals surface area contributed by atoms with Crippen molar-refractivity contribution < 1.29 is 8.42 Å². The lowest BCUT2D eigenvalue weighted by molar-refractivity contribution is 0.606. The van der Waals surface area contributed by atoms with Crippen molar-refractivity contribution in [1.82, 2.24) is 0 Å². The molecule has 31 heavy (non-hydrogen) atoms. The van der Waals surface area contributed by atoms with Crippen molar-refractivity contribution in [2.45, 2.75) is 4.90 Å². The molecule has 0 atom stereocenters. The monoisotopic (exact) mass is 486 g/mol. The first kappa shape index (κ1) is 21.1. The Hall–Kier alpha value is -3.17. The molecular formula is C27H19BrO2S. The number of rotatable bonds is 5. The molecule has 0 radical (unpaired) electrons. The highest BCUT2D eigenvalue weighted by atomic mass is 79.9. The Labute approximate surface area is 191 Å². The lowest BCUT2D eigenvalue weighted by atomic mass is 9.98. The van der Waals surface area contributed by atoms with Crippen LogP contribution in [0.5, 0.6) is 0 Å². The molecule has 4 rings (SSSR count). The van der Waals surface area contributed by atoms with E-state index in [1.807, 2.05) is 78.9 Å². The van der Waals surface area contributed by atoms with Gasteiger partial charge in [0.05, 0.1) is 4.90 Å². The molecular weight excluding hydrogens is 468 g/mol. The maximum Gasteiger partial charge on any atom is 0.214 e. The molecule has 0 aliphatic heterocycles. The van der Waals surface area contributed by atoms with Gasteiger partial charge in [-0.05, 0) is 35.4 Å². The molecule has 0 amide bonds. The van der Waals surface area contributed by atoms with E-state index in [1.54, 1.807) is 36.4 Å². The standard InChI is InChI=1S/C27H19BrO2S/c28-24-16-18-25(19-17-24)31(29,30)27(23-14-8-3-9-15-23)20-26(21-10-4-1-5-11-21)22-12-6-2-7-13-22/h1-19H. The summed E-state index contributed by atoms with van der Waals surface area (Å²) in [5.74, 6) is 0. The van der Waals surface area contributed by atoms with Crippen molar-refractivity contribution in [2.24, 2.45) is 0 Å². The van der Waals surface area contributed by atoms with Gasteiger partial charge in [0, 0.05) is 15.6 Å². The fourth-order valence-corrected chi connectivity index (χ4v) is 4.93. The lowest BCUT2D eigenvalue weighted by Crippen LogP contribution is -2.04. The Bertz CT molecular complexity index is 1300.